The topological polar surface area (TPSA) is 73.2 Å². The summed E-state index contributed by atoms with van der Waals surface area (Å²) in [4.78, 5) is 12.5. The van der Waals surface area contributed by atoms with Gasteiger partial charge in [-0.05, 0) is 38.9 Å². The van der Waals surface area contributed by atoms with Crippen LogP contribution < -0.4 is 16.0 Å². The Balaban J connectivity index is 0.000000107. The number of aliphatic imine (C=N–C) groups is 3. The van der Waals surface area contributed by atoms with Crippen molar-refractivity contribution < 1.29 is 17.4 Å². The summed E-state index contributed by atoms with van der Waals surface area (Å²) in [6.45, 7) is 9.43. The molecule has 0 aromatic rings. The molecule has 0 spiro atoms. The molecule has 25 heavy (non-hydrogen) atoms. The van der Waals surface area contributed by atoms with Crippen LogP contribution in [-0.4, -0.2) is 37.1 Å². The largest absolute Gasteiger partial charge is 3.00 e. The maximum atomic E-state index is 4.18. The van der Waals surface area contributed by atoms with Crippen molar-refractivity contribution in [2.45, 2.75) is 38.5 Å². The third-order valence-electron chi connectivity index (χ3n) is 5.42. The van der Waals surface area contributed by atoms with Crippen LogP contribution in [0.2, 0.25) is 0 Å². The summed E-state index contributed by atoms with van der Waals surface area (Å²) >= 11 is 0. The minimum atomic E-state index is 0. The van der Waals surface area contributed by atoms with E-state index in [2.05, 4.69) is 30.9 Å². The Labute approximate surface area is 161 Å². The van der Waals surface area contributed by atoms with E-state index in [9.17, 15) is 0 Å². The normalized spacial score (nSPS) is 31.7. The molecule has 0 aromatic carbocycles. The summed E-state index contributed by atoms with van der Waals surface area (Å²) < 4.78 is 0. The zero-order valence-electron chi connectivity index (χ0n) is 14.6. The van der Waals surface area contributed by atoms with Crippen molar-refractivity contribution in [3.05, 3.63) is 19.6 Å². The average Bonchev–Trinajstić information content (AvgIpc) is 3.33. The molecule has 3 N–H and O–H groups in total. The van der Waals surface area contributed by atoms with E-state index in [0.29, 0.717) is 0 Å². The van der Waals surface area contributed by atoms with Crippen LogP contribution in [0.3, 0.4) is 0 Å². The van der Waals surface area contributed by atoms with Crippen molar-refractivity contribution in [2.75, 3.05) is 19.6 Å². The fourth-order valence-electron chi connectivity index (χ4n) is 3.94. The van der Waals surface area contributed by atoms with Crippen molar-refractivity contribution in [3.63, 3.8) is 0 Å². The standard InChI is InChI=1S/3C6H9N2.Cr/c3*1-3-7-6-5(1)2-4-8-6;/h3*3,5H,1-2,4H2,(H,7,8);/q3*-1;+3. The second-order valence-corrected chi connectivity index (χ2v) is 7.03. The fourth-order valence-corrected chi connectivity index (χ4v) is 3.94. The molecule has 0 amide bonds. The van der Waals surface area contributed by atoms with Crippen molar-refractivity contribution in [3.8, 4) is 0 Å². The van der Waals surface area contributed by atoms with Crippen LogP contribution in [0.15, 0.2) is 15.0 Å². The number of amidine groups is 3. The second kappa shape index (κ2) is 8.77. The zero-order valence-corrected chi connectivity index (χ0v) is 15.9. The van der Waals surface area contributed by atoms with Gasteiger partial charge in [0.2, 0.25) is 0 Å². The number of rotatable bonds is 0. The molecule has 3 saturated heterocycles. The molecule has 0 aromatic heterocycles. The first-order valence-corrected chi connectivity index (χ1v) is 9.30. The number of nitrogens with one attached hydrogen (secondary N) is 3. The molecule has 0 bridgehead atoms. The monoisotopic (exact) mass is 379 g/mol. The van der Waals surface area contributed by atoms with Gasteiger partial charge in [0.05, 0.1) is 0 Å². The van der Waals surface area contributed by atoms with Gasteiger partial charge in [-0.2, -0.15) is 0 Å². The summed E-state index contributed by atoms with van der Waals surface area (Å²) in [7, 11) is 0. The Kier molecular flexibility index (Phi) is 6.44. The quantitative estimate of drug-likeness (QED) is 0.561. The molecular weight excluding hydrogens is 352 g/mol. The summed E-state index contributed by atoms with van der Waals surface area (Å²) in [6.07, 6.45) is 7.37. The van der Waals surface area contributed by atoms with Gasteiger partial charge >= 0.3 is 17.4 Å². The van der Waals surface area contributed by atoms with Gasteiger partial charge in [-0.3, -0.25) is 0 Å². The predicted molar refractivity (Wildman–Crippen MR) is 97.4 cm³/mol. The third kappa shape index (κ3) is 4.40. The molecule has 6 rings (SSSR count). The predicted octanol–water partition coefficient (Wildman–Crippen LogP) is 1.68. The van der Waals surface area contributed by atoms with Gasteiger partial charge < -0.3 is 30.9 Å². The molecule has 3 unspecified atom stereocenters. The first-order valence-electron chi connectivity index (χ1n) is 9.30. The van der Waals surface area contributed by atoms with Crippen LogP contribution in [0.1, 0.15) is 38.5 Å². The molecular formula is C18H27CrN6. The molecule has 6 aliphatic rings. The number of nitrogens with zero attached hydrogens (tertiary/aromatic N) is 3. The van der Waals surface area contributed by atoms with Crippen molar-refractivity contribution in [2.24, 2.45) is 32.7 Å². The fraction of sp³-hybridized carbons (Fsp3) is 0.667. The Bertz CT molecular complexity index is 468. The second-order valence-electron chi connectivity index (χ2n) is 7.03. The molecule has 7 heteroatoms. The van der Waals surface area contributed by atoms with E-state index in [1.807, 2.05) is 19.6 Å². The number of fused-ring (bicyclic) bond motifs is 3. The van der Waals surface area contributed by atoms with E-state index < -0.39 is 0 Å². The maximum Gasteiger partial charge on any atom is 3.00 e. The van der Waals surface area contributed by atoms with E-state index in [1.54, 1.807) is 0 Å². The molecule has 0 aliphatic carbocycles. The third-order valence-corrected chi connectivity index (χ3v) is 5.42. The maximum absolute atomic E-state index is 4.18. The smallest absolute Gasteiger partial charge is 0.450 e. The molecule has 3 fully saturated rings. The first-order chi connectivity index (χ1) is 11.9. The van der Waals surface area contributed by atoms with Crippen LogP contribution in [0.5, 0.6) is 0 Å². The number of hydrogen-bond donors (Lipinski definition) is 3. The van der Waals surface area contributed by atoms with Crippen molar-refractivity contribution in [1.29, 1.82) is 0 Å². The van der Waals surface area contributed by atoms with Crippen LogP contribution in [0, 0.1) is 37.4 Å². The molecule has 6 heterocycles. The van der Waals surface area contributed by atoms with E-state index in [1.165, 1.54) is 56.0 Å². The summed E-state index contributed by atoms with van der Waals surface area (Å²) in [6, 6.07) is 0. The van der Waals surface area contributed by atoms with Gasteiger partial charge in [0.25, 0.3) is 0 Å². The zero-order chi connectivity index (χ0) is 16.2. The van der Waals surface area contributed by atoms with Crippen molar-refractivity contribution in [1.82, 2.24) is 16.0 Å². The summed E-state index contributed by atoms with van der Waals surface area (Å²) in [5, 5.41) is 9.71. The van der Waals surface area contributed by atoms with Gasteiger partial charge in [-0.25, -0.2) is 0 Å². The Morgan fingerprint density at radius 1 is 0.600 bits per heavy atom. The minimum absolute atomic E-state index is 0. The summed E-state index contributed by atoms with van der Waals surface area (Å²) in [5.41, 5.74) is 0. The van der Waals surface area contributed by atoms with Crippen LogP contribution in [-0.2, 0) is 17.4 Å². The van der Waals surface area contributed by atoms with E-state index in [4.69, 9.17) is 0 Å². The van der Waals surface area contributed by atoms with Gasteiger partial charge in [0, 0.05) is 0 Å². The SMILES string of the molecule is [CH-]1CC2CCNC2=N1.[CH-]1CC2CCNC2=N1.[CH-]1CC2CCNC2=N1.[Cr+3]. The van der Waals surface area contributed by atoms with E-state index >= 15 is 0 Å². The first kappa shape index (κ1) is 18.3. The van der Waals surface area contributed by atoms with Gasteiger partial charge in [0.15, 0.2) is 0 Å². The Morgan fingerprint density at radius 2 is 0.920 bits per heavy atom. The van der Waals surface area contributed by atoms with Gasteiger partial charge in [0.1, 0.15) is 0 Å². The Hall–Kier alpha value is -1.45. The van der Waals surface area contributed by atoms with Gasteiger partial charge in [-0.1, -0.05) is 54.5 Å². The van der Waals surface area contributed by atoms with E-state index in [-0.39, 0.29) is 17.4 Å². The molecule has 135 valence electrons. The van der Waals surface area contributed by atoms with Crippen LogP contribution in [0.4, 0.5) is 0 Å². The molecule has 6 nitrogen and oxygen atoms in total. The minimum Gasteiger partial charge on any atom is -0.450 e. The summed E-state index contributed by atoms with van der Waals surface area (Å²) in [5.74, 6) is 5.96. The average molecular weight is 379 g/mol. The molecule has 3 atom stereocenters. The number of hydrogen-bond acceptors (Lipinski definition) is 6. The molecule has 1 radical (unpaired) electrons. The molecule has 6 aliphatic heterocycles. The Morgan fingerprint density at radius 3 is 1.20 bits per heavy atom. The van der Waals surface area contributed by atoms with Crippen LogP contribution >= 0.6 is 0 Å². The van der Waals surface area contributed by atoms with Crippen LogP contribution in [0.25, 0.3) is 0 Å². The van der Waals surface area contributed by atoms with Crippen molar-refractivity contribution >= 4 is 17.5 Å². The van der Waals surface area contributed by atoms with Gasteiger partial charge in [-0.15, -0.1) is 19.6 Å². The molecule has 0 saturated carbocycles. The van der Waals surface area contributed by atoms with E-state index in [0.717, 1.165) is 37.4 Å².